The number of hydrogen-bond acceptors (Lipinski definition) is 4. The Bertz CT molecular complexity index is 361. The van der Waals surface area contributed by atoms with Crippen molar-refractivity contribution in [1.29, 1.82) is 0 Å². The van der Waals surface area contributed by atoms with E-state index < -0.39 is 0 Å². The summed E-state index contributed by atoms with van der Waals surface area (Å²) in [7, 11) is 3.26. The van der Waals surface area contributed by atoms with E-state index in [0.29, 0.717) is 31.1 Å². The molecule has 0 amide bonds. The molecule has 0 aromatic heterocycles. The van der Waals surface area contributed by atoms with Crippen LogP contribution in [0, 0.1) is 0 Å². The first-order valence-corrected chi connectivity index (χ1v) is 6.37. The van der Waals surface area contributed by atoms with E-state index in [0.717, 1.165) is 18.7 Å². The Morgan fingerprint density at radius 3 is 2.68 bits per heavy atom. The summed E-state index contributed by atoms with van der Waals surface area (Å²) in [5.41, 5.74) is 1.09. The lowest BCUT2D eigenvalue weighted by molar-refractivity contribution is 0.199. The lowest BCUT2D eigenvalue weighted by Crippen LogP contribution is -2.18. The molecule has 108 valence electrons. The van der Waals surface area contributed by atoms with Gasteiger partial charge in [-0.3, -0.25) is 4.39 Å². The van der Waals surface area contributed by atoms with Gasteiger partial charge in [0.25, 0.3) is 0 Å². The summed E-state index contributed by atoms with van der Waals surface area (Å²) < 4.78 is 27.8. The zero-order chi connectivity index (χ0) is 13.9. The Morgan fingerprint density at radius 2 is 2.00 bits per heavy atom. The largest absolute Gasteiger partial charge is 0.493 e. The minimum atomic E-state index is -0.374. The normalized spacial score (nSPS) is 10.5. The maximum Gasteiger partial charge on any atom is 0.161 e. The number of alkyl halides is 1. The molecule has 0 saturated heterocycles. The van der Waals surface area contributed by atoms with Crippen LogP contribution in [0.4, 0.5) is 4.39 Å². The number of halogens is 1. The maximum absolute atomic E-state index is 12.1. The van der Waals surface area contributed by atoms with Crippen molar-refractivity contribution in [3.8, 4) is 11.5 Å². The molecule has 0 bridgehead atoms. The molecule has 0 atom stereocenters. The van der Waals surface area contributed by atoms with Gasteiger partial charge in [-0.1, -0.05) is 6.07 Å². The molecule has 0 aliphatic rings. The second-order valence-corrected chi connectivity index (χ2v) is 4.05. The molecule has 0 spiro atoms. The highest BCUT2D eigenvalue weighted by Gasteiger charge is 2.05. The smallest absolute Gasteiger partial charge is 0.161 e. The van der Waals surface area contributed by atoms with Gasteiger partial charge in [0, 0.05) is 26.6 Å². The van der Waals surface area contributed by atoms with E-state index in [-0.39, 0.29) is 6.67 Å². The summed E-state index contributed by atoms with van der Waals surface area (Å²) in [6, 6.07) is 5.75. The Hall–Kier alpha value is -1.33. The summed E-state index contributed by atoms with van der Waals surface area (Å²) >= 11 is 0. The molecule has 0 radical (unpaired) electrons. The van der Waals surface area contributed by atoms with E-state index in [2.05, 4.69) is 5.32 Å². The highest BCUT2D eigenvalue weighted by Crippen LogP contribution is 2.28. The van der Waals surface area contributed by atoms with Gasteiger partial charge in [-0.2, -0.15) is 0 Å². The summed E-state index contributed by atoms with van der Waals surface area (Å²) in [5, 5.41) is 3.25. The van der Waals surface area contributed by atoms with Crippen LogP contribution in [0.15, 0.2) is 18.2 Å². The Morgan fingerprint density at radius 1 is 1.16 bits per heavy atom. The lowest BCUT2D eigenvalue weighted by Gasteiger charge is -2.12. The summed E-state index contributed by atoms with van der Waals surface area (Å²) in [5.74, 6) is 1.32. The van der Waals surface area contributed by atoms with E-state index in [4.69, 9.17) is 14.2 Å². The zero-order valence-corrected chi connectivity index (χ0v) is 11.6. The standard InChI is InChI=1S/C14H22FNO3/c1-17-9-7-16-11-12-4-5-13(18-2)14(10-12)19-8-3-6-15/h4-5,10,16H,3,6-9,11H2,1-2H3. The van der Waals surface area contributed by atoms with E-state index in [1.165, 1.54) is 0 Å². The third-order valence-electron chi connectivity index (χ3n) is 2.58. The van der Waals surface area contributed by atoms with Crippen LogP contribution in [-0.4, -0.2) is 40.7 Å². The molecule has 5 heteroatoms. The fourth-order valence-electron chi connectivity index (χ4n) is 1.59. The molecule has 0 heterocycles. The second kappa shape index (κ2) is 9.58. The van der Waals surface area contributed by atoms with Crippen LogP contribution in [-0.2, 0) is 11.3 Å². The van der Waals surface area contributed by atoms with Crippen molar-refractivity contribution in [2.45, 2.75) is 13.0 Å². The number of ether oxygens (including phenoxy) is 3. The Kier molecular flexibility index (Phi) is 7.93. The number of hydrogen-bond donors (Lipinski definition) is 1. The van der Waals surface area contributed by atoms with Crippen molar-refractivity contribution in [3.63, 3.8) is 0 Å². The molecule has 4 nitrogen and oxygen atoms in total. The minimum Gasteiger partial charge on any atom is -0.493 e. The van der Waals surface area contributed by atoms with Crippen molar-refractivity contribution >= 4 is 0 Å². The Balaban J connectivity index is 2.55. The Labute approximate surface area is 113 Å². The molecule has 19 heavy (non-hydrogen) atoms. The van der Waals surface area contributed by atoms with E-state index >= 15 is 0 Å². The molecular weight excluding hydrogens is 249 g/mol. The quantitative estimate of drug-likeness (QED) is 0.662. The van der Waals surface area contributed by atoms with Crippen molar-refractivity contribution in [2.75, 3.05) is 40.7 Å². The number of rotatable bonds is 10. The molecule has 0 aliphatic heterocycles. The summed E-state index contributed by atoms with van der Waals surface area (Å²) in [6.07, 6.45) is 0.388. The van der Waals surface area contributed by atoms with Crippen LogP contribution >= 0.6 is 0 Å². The molecular formula is C14H22FNO3. The van der Waals surface area contributed by atoms with Crippen LogP contribution in [0.3, 0.4) is 0 Å². The first-order chi connectivity index (χ1) is 9.31. The van der Waals surface area contributed by atoms with Gasteiger partial charge in [0.1, 0.15) is 0 Å². The van der Waals surface area contributed by atoms with Gasteiger partial charge >= 0.3 is 0 Å². The van der Waals surface area contributed by atoms with Crippen LogP contribution in [0.5, 0.6) is 11.5 Å². The molecule has 0 saturated carbocycles. The van der Waals surface area contributed by atoms with Gasteiger partial charge in [0.15, 0.2) is 11.5 Å². The molecule has 0 unspecified atom stereocenters. The fourth-order valence-corrected chi connectivity index (χ4v) is 1.59. The van der Waals surface area contributed by atoms with Crippen LogP contribution in [0.25, 0.3) is 0 Å². The second-order valence-electron chi connectivity index (χ2n) is 4.05. The molecule has 0 aliphatic carbocycles. The highest BCUT2D eigenvalue weighted by molar-refractivity contribution is 5.42. The first kappa shape index (κ1) is 15.7. The molecule has 1 N–H and O–H groups in total. The zero-order valence-electron chi connectivity index (χ0n) is 11.6. The molecule has 1 aromatic rings. The van der Waals surface area contributed by atoms with Gasteiger partial charge in [-0.15, -0.1) is 0 Å². The lowest BCUT2D eigenvalue weighted by atomic mass is 10.2. The predicted octanol–water partition coefficient (Wildman–Crippen LogP) is 2.17. The summed E-state index contributed by atoms with van der Waals surface area (Å²) in [6.45, 7) is 2.18. The van der Waals surface area contributed by atoms with Crippen LogP contribution < -0.4 is 14.8 Å². The maximum atomic E-state index is 12.1. The number of methoxy groups -OCH3 is 2. The van der Waals surface area contributed by atoms with Gasteiger partial charge in [0.2, 0.25) is 0 Å². The van der Waals surface area contributed by atoms with Gasteiger partial charge in [0.05, 0.1) is 27.0 Å². The molecule has 1 aromatic carbocycles. The average Bonchev–Trinajstić information content (AvgIpc) is 2.44. The minimum absolute atomic E-state index is 0.355. The summed E-state index contributed by atoms with van der Waals surface area (Å²) in [4.78, 5) is 0. The van der Waals surface area contributed by atoms with Crippen molar-refractivity contribution in [2.24, 2.45) is 0 Å². The van der Waals surface area contributed by atoms with Gasteiger partial charge < -0.3 is 19.5 Å². The average molecular weight is 271 g/mol. The third kappa shape index (κ3) is 5.89. The van der Waals surface area contributed by atoms with Crippen molar-refractivity contribution < 1.29 is 18.6 Å². The van der Waals surface area contributed by atoms with Gasteiger partial charge in [-0.05, 0) is 17.7 Å². The third-order valence-corrected chi connectivity index (χ3v) is 2.58. The van der Waals surface area contributed by atoms with Gasteiger partial charge in [-0.25, -0.2) is 0 Å². The fraction of sp³-hybridized carbons (Fsp3) is 0.571. The number of benzene rings is 1. The SMILES string of the molecule is COCCNCc1ccc(OC)c(OCCCF)c1. The molecule has 1 rings (SSSR count). The van der Waals surface area contributed by atoms with Crippen LogP contribution in [0.1, 0.15) is 12.0 Å². The van der Waals surface area contributed by atoms with E-state index in [1.807, 2.05) is 18.2 Å². The van der Waals surface area contributed by atoms with Crippen molar-refractivity contribution in [1.82, 2.24) is 5.32 Å². The van der Waals surface area contributed by atoms with E-state index in [1.54, 1.807) is 14.2 Å². The topological polar surface area (TPSA) is 39.7 Å². The number of nitrogens with one attached hydrogen (secondary N) is 1. The predicted molar refractivity (Wildman–Crippen MR) is 72.7 cm³/mol. The highest BCUT2D eigenvalue weighted by atomic mass is 19.1. The van der Waals surface area contributed by atoms with Crippen molar-refractivity contribution in [3.05, 3.63) is 23.8 Å². The van der Waals surface area contributed by atoms with E-state index in [9.17, 15) is 4.39 Å². The first-order valence-electron chi connectivity index (χ1n) is 6.37. The van der Waals surface area contributed by atoms with Crippen LogP contribution in [0.2, 0.25) is 0 Å². The molecule has 0 fully saturated rings. The monoisotopic (exact) mass is 271 g/mol.